The van der Waals surface area contributed by atoms with Crippen molar-refractivity contribution in [1.82, 2.24) is 15.0 Å². The van der Waals surface area contributed by atoms with Crippen molar-refractivity contribution in [1.29, 1.82) is 0 Å². The van der Waals surface area contributed by atoms with Gasteiger partial charge in [0.05, 0.1) is 12.5 Å². The quantitative estimate of drug-likeness (QED) is 0.545. The fourth-order valence-electron chi connectivity index (χ4n) is 3.53. The lowest BCUT2D eigenvalue weighted by atomic mass is 9.94. The van der Waals surface area contributed by atoms with E-state index in [0.29, 0.717) is 18.3 Å². The average molecular weight is 389 g/mol. The molecule has 2 aromatic carbocycles. The van der Waals surface area contributed by atoms with E-state index >= 15 is 0 Å². The first-order valence-corrected chi connectivity index (χ1v) is 9.59. The molecule has 0 radical (unpaired) electrons. The van der Waals surface area contributed by atoms with E-state index in [-0.39, 0.29) is 12.5 Å². The van der Waals surface area contributed by atoms with Gasteiger partial charge >= 0.3 is 0 Å². The Kier molecular flexibility index (Phi) is 5.16. The van der Waals surface area contributed by atoms with Crippen molar-refractivity contribution in [2.24, 2.45) is 0 Å². The number of hydrogen-bond donors (Lipinski definition) is 0. The summed E-state index contributed by atoms with van der Waals surface area (Å²) in [6, 6.07) is 17.3. The highest BCUT2D eigenvalue weighted by atomic mass is 16.5. The van der Waals surface area contributed by atoms with Crippen LogP contribution in [0.5, 0.6) is 5.75 Å². The van der Waals surface area contributed by atoms with Crippen LogP contribution in [0.1, 0.15) is 24.3 Å². The molecule has 29 heavy (non-hydrogen) atoms. The highest BCUT2D eigenvalue weighted by Gasteiger charge is 2.53. The second-order valence-electron chi connectivity index (χ2n) is 7.16. The Balaban J connectivity index is 1.54. The lowest BCUT2D eigenvalue weighted by Crippen LogP contribution is -2.39. The minimum atomic E-state index is -0.489. The minimum Gasteiger partial charge on any atom is -0.497 e. The minimum absolute atomic E-state index is 0.0574. The first-order valence-electron chi connectivity index (χ1n) is 9.59. The van der Waals surface area contributed by atoms with Crippen molar-refractivity contribution in [2.45, 2.75) is 24.8 Å². The van der Waals surface area contributed by atoms with Gasteiger partial charge in [0.2, 0.25) is 17.6 Å². The van der Waals surface area contributed by atoms with Gasteiger partial charge in [-0.2, -0.15) is 4.98 Å². The molecule has 1 fully saturated rings. The van der Waals surface area contributed by atoms with E-state index in [2.05, 4.69) is 16.7 Å². The molecular weight excluding hydrogens is 366 g/mol. The van der Waals surface area contributed by atoms with Crippen molar-refractivity contribution < 1.29 is 14.1 Å². The molecule has 1 amide bonds. The molecular formula is C23H23N3O3. The Labute approximate surface area is 169 Å². The van der Waals surface area contributed by atoms with Crippen LogP contribution in [0.15, 0.2) is 71.8 Å². The van der Waals surface area contributed by atoms with Gasteiger partial charge in [0.15, 0.2) is 0 Å². The van der Waals surface area contributed by atoms with Gasteiger partial charge in [-0.1, -0.05) is 53.7 Å². The average Bonchev–Trinajstić information content (AvgIpc) is 3.45. The number of rotatable bonds is 8. The molecule has 0 spiro atoms. The van der Waals surface area contributed by atoms with Gasteiger partial charge < -0.3 is 14.2 Å². The maximum Gasteiger partial charge on any atom is 0.246 e. The number of ether oxygens (including phenoxy) is 1. The Morgan fingerprint density at radius 2 is 1.93 bits per heavy atom. The molecule has 6 nitrogen and oxygen atoms in total. The summed E-state index contributed by atoms with van der Waals surface area (Å²) in [5.41, 5.74) is 1.39. The molecule has 4 rings (SSSR count). The summed E-state index contributed by atoms with van der Waals surface area (Å²) in [6.07, 6.45) is 3.37. The van der Waals surface area contributed by atoms with Gasteiger partial charge in [0, 0.05) is 12.1 Å². The fraction of sp³-hybridized carbons (Fsp3) is 0.261. The number of nitrogens with zero attached hydrogens (tertiary/aromatic N) is 3. The number of carbonyl (C=O) groups excluding carboxylic acids is 1. The largest absolute Gasteiger partial charge is 0.497 e. The lowest BCUT2D eigenvalue weighted by molar-refractivity contribution is -0.134. The third-order valence-corrected chi connectivity index (χ3v) is 5.26. The molecule has 0 N–H and O–H groups in total. The van der Waals surface area contributed by atoms with Crippen LogP contribution in [-0.4, -0.2) is 34.6 Å². The van der Waals surface area contributed by atoms with Crippen molar-refractivity contribution in [3.05, 3.63) is 78.7 Å². The van der Waals surface area contributed by atoms with Gasteiger partial charge in [-0.3, -0.25) is 4.79 Å². The SMILES string of the molecule is C=CCN(Cc1nc(-c2ccccc2)no1)C(=O)C1(c2ccc(OC)cc2)CC1. The molecule has 0 unspecified atom stereocenters. The van der Waals surface area contributed by atoms with Crippen molar-refractivity contribution in [2.75, 3.05) is 13.7 Å². The Bertz CT molecular complexity index is 992. The highest BCUT2D eigenvalue weighted by molar-refractivity contribution is 5.91. The van der Waals surface area contributed by atoms with Gasteiger partial charge in [0.25, 0.3) is 0 Å². The van der Waals surface area contributed by atoms with Gasteiger partial charge in [-0.25, -0.2) is 0 Å². The van der Waals surface area contributed by atoms with Crippen molar-refractivity contribution in [3.63, 3.8) is 0 Å². The lowest BCUT2D eigenvalue weighted by Gasteiger charge is -2.25. The highest BCUT2D eigenvalue weighted by Crippen LogP contribution is 2.50. The molecule has 0 saturated heterocycles. The number of hydrogen-bond acceptors (Lipinski definition) is 5. The Morgan fingerprint density at radius 3 is 2.55 bits per heavy atom. The van der Waals surface area contributed by atoms with Crippen LogP contribution >= 0.6 is 0 Å². The third-order valence-electron chi connectivity index (χ3n) is 5.26. The first kappa shape index (κ1) is 18.9. The molecule has 1 aliphatic carbocycles. The summed E-state index contributed by atoms with van der Waals surface area (Å²) in [5, 5.41) is 4.05. The maximum atomic E-state index is 13.4. The molecule has 0 aliphatic heterocycles. The van der Waals surface area contributed by atoms with Crippen LogP contribution in [0.3, 0.4) is 0 Å². The molecule has 1 heterocycles. The number of aromatic nitrogens is 2. The van der Waals surface area contributed by atoms with Gasteiger partial charge in [-0.05, 0) is 30.5 Å². The summed E-state index contributed by atoms with van der Waals surface area (Å²) in [4.78, 5) is 19.6. The van der Waals surface area contributed by atoms with Gasteiger partial charge in [-0.15, -0.1) is 6.58 Å². The molecule has 6 heteroatoms. The summed E-state index contributed by atoms with van der Waals surface area (Å²) < 4.78 is 10.6. The van der Waals surface area contributed by atoms with E-state index < -0.39 is 5.41 Å². The number of carbonyl (C=O) groups is 1. The molecule has 3 aromatic rings. The molecule has 0 bridgehead atoms. The summed E-state index contributed by atoms with van der Waals surface area (Å²) >= 11 is 0. The monoisotopic (exact) mass is 389 g/mol. The topological polar surface area (TPSA) is 68.5 Å². The van der Waals surface area contributed by atoms with E-state index in [1.807, 2.05) is 54.6 Å². The van der Waals surface area contributed by atoms with Crippen LogP contribution < -0.4 is 4.74 Å². The molecule has 148 valence electrons. The summed E-state index contributed by atoms with van der Waals surface area (Å²) in [7, 11) is 1.63. The third kappa shape index (κ3) is 3.78. The van der Waals surface area contributed by atoms with Crippen LogP contribution in [0.2, 0.25) is 0 Å². The predicted octanol–water partition coefficient (Wildman–Crippen LogP) is 3.99. The smallest absolute Gasteiger partial charge is 0.246 e. The standard InChI is InChI=1S/C23H23N3O3/c1-3-15-26(16-20-24-21(25-29-20)17-7-5-4-6-8-17)22(27)23(13-14-23)18-9-11-19(28-2)12-10-18/h3-12H,1,13-16H2,2H3. The first-order chi connectivity index (χ1) is 14.2. The van der Waals surface area contributed by atoms with Crippen LogP contribution in [0.25, 0.3) is 11.4 Å². The second-order valence-corrected chi connectivity index (χ2v) is 7.16. The van der Waals surface area contributed by atoms with E-state index in [4.69, 9.17) is 9.26 Å². The number of amides is 1. The van der Waals surface area contributed by atoms with Gasteiger partial charge in [0.1, 0.15) is 12.3 Å². The summed E-state index contributed by atoms with van der Waals surface area (Å²) in [5.74, 6) is 1.76. The van der Waals surface area contributed by atoms with E-state index in [0.717, 1.165) is 29.7 Å². The molecule has 0 atom stereocenters. The van der Waals surface area contributed by atoms with Crippen molar-refractivity contribution >= 4 is 5.91 Å². The van der Waals surface area contributed by atoms with E-state index in [9.17, 15) is 4.79 Å². The molecule has 1 saturated carbocycles. The fourth-order valence-corrected chi connectivity index (χ4v) is 3.53. The normalized spacial score (nSPS) is 14.2. The Hall–Kier alpha value is -3.41. The summed E-state index contributed by atoms with van der Waals surface area (Å²) in [6.45, 7) is 4.47. The molecule has 1 aliphatic rings. The number of methoxy groups -OCH3 is 1. The number of benzene rings is 2. The van der Waals surface area contributed by atoms with Crippen LogP contribution in [0, 0.1) is 0 Å². The molecule has 1 aromatic heterocycles. The van der Waals surface area contributed by atoms with E-state index in [1.165, 1.54) is 0 Å². The maximum absolute atomic E-state index is 13.4. The van der Waals surface area contributed by atoms with Crippen molar-refractivity contribution in [3.8, 4) is 17.1 Å². The zero-order valence-electron chi connectivity index (χ0n) is 16.4. The van der Waals surface area contributed by atoms with E-state index in [1.54, 1.807) is 18.1 Å². The van der Waals surface area contributed by atoms with Crippen LogP contribution in [-0.2, 0) is 16.8 Å². The zero-order valence-corrected chi connectivity index (χ0v) is 16.4. The predicted molar refractivity (Wildman–Crippen MR) is 109 cm³/mol. The zero-order chi connectivity index (χ0) is 20.3. The second kappa shape index (κ2) is 7.91. The van der Waals surface area contributed by atoms with Crippen LogP contribution in [0.4, 0.5) is 0 Å². The Morgan fingerprint density at radius 1 is 1.21 bits per heavy atom.